The van der Waals surface area contributed by atoms with E-state index in [4.69, 9.17) is 42.6 Å². The van der Waals surface area contributed by atoms with E-state index in [0.717, 1.165) is 0 Å². The van der Waals surface area contributed by atoms with Crippen molar-refractivity contribution in [3.8, 4) is 11.5 Å². The topological polar surface area (TPSA) is 504 Å². The lowest BCUT2D eigenvalue weighted by atomic mass is 9.95. The molecule has 14 atom stereocenters. The Morgan fingerprint density at radius 3 is 1.12 bits per heavy atom. The molecule has 37 nitrogen and oxygen atoms in total. The second-order valence-electron chi connectivity index (χ2n) is 43.6. The summed E-state index contributed by atoms with van der Waals surface area (Å²) in [5.74, 6) is -13.8. The van der Waals surface area contributed by atoms with Crippen LogP contribution in [0.3, 0.4) is 0 Å². The number of esters is 2. The molecule has 137 heavy (non-hydrogen) atoms. The van der Waals surface area contributed by atoms with Crippen LogP contribution < -0.4 is 73.3 Å². The minimum Gasteiger partial charge on any atom is -0.488 e. The van der Waals surface area contributed by atoms with Gasteiger partial charge in [-0.2, -0.15) is 0 Å². The number of carbonyl (C=O) groups excluding carboxylic acids is 14. The largest absolute Gasteiger partial charge is 0.488 e. The molecule has 3 aromatic carbocycles. The quantitative estimate of drug-likeness (QED) is 0.0185. The Kier molecular flexibility index (Phi) is 45.2. The summed E-state index contributed by atoms with van der Waals surface area (Å²) in [6, 6.07) is 5.31. The van der Waals surface area contributed by atoms with Crippen molar-refractivity contribution in [1.29, 1.82) is 0 Å². The lowest BCUT2D eigenvalue weighted by Gasteiger charge is -2.34. The molecule has 0 saturated carbocycles. The maximum absolute atomic E-state index is 15.5. The Morgan fingerprint density at radius 2 is 0.708 bits per heavy atom. The number of nitrogens with one attached hydrogen (secondary N) is 12. The van der Waals surface area contributed by atoms with Crippen LogP contribution >= 0.6 is 0 Å². The van der Waals surface area contributed by atoms with Crippen molar-refractivity contribution >= 4 is 89.0 Å². The summed E-state index contributed by atoms with van der Waals surface area (Å²) in [6.45, 7) is 53.1. The van der Waals surface area contributed by atoms with Crippen LogP contribution in [0, 0.1) is 5.92 Å². The summed E-state index contributed by atoms with van der Waals surface area (Å²) in [5, 5.41) is 41.9. The molecule has 0 fully saturated rings. The van der Waals surface area contributed by atoms with E-state index in [1.807, 2.05) is 41.5 Å². The summed E-state index contributed by atoms with van der Waals surface area (Å²) < 4.78 is 53.6. The summed E-state index contributed by atoms with van der Waals surface area (Å²) in [6.07, 6.45) is -5.62. The van der Waals surface area contributed by atoms with Crippen LogP contribution in [0.2, 0.25) is 0 Å². The maximum atomic E-state index is 15.5. The standard InChI is InChI=1S/C100H160N12O25/c1-34-58(3)76(88(125)126)110-84(121)72(57-130-92(9,10)11)105-80(117)67(52-62-41-45-64(46-42-62)133-95(18,19)20)102-81(118)70(54-75(115)136-98(27,28)29)103-83(120)71(56-129-91(6,7)8)106-87(124)78(60(5)132-94(15,16)17)111-82(119)68(51-61-39-37-36-38-40-61)104-86(123)77(59(4)131-93(12,13)14)109-73(113)55-101-79(116)66(49-50-74(114)135-97(24,25)26)107-89(127)100(33,35-2)112-85(122)69(108-90(128)137-99(30,31)32)53-63-43-47-65(48-44-63)134-96(21,22)23/h36-48,58-60,66-72,76-78H,34-35,49-57H2,1-33H3,(H,101,116)(H,102,118)(H,103,120)(H,104,123)(H,105,117)(H,106,124)(H,107,127)(H,108,128)(H,109,113)(H,110,121)(H,111,119)(H,112,122)(H,125,126)/t58-,59+,60+,66-,67-,68-,69-,70-,71-,72-,76-,77-,78-,100-/m0/s1. The van der Waals surface area contributed by atoms with E-state index in [1.54, 1.807) is 245 Å². The fraction of sp³-hybridized carbons (Fsp3) is 0.670. The van der Waals surface area contributed by atoms with Crippen LogP contribution in [-0.4, -0.2) is 242 Å². The van der Waals surface area contributed by atoms with Crippen molar-refractivity contribution in [3.05, 3.63) is 95.6 Å². The van der Waals surface area contributed by atoms with Crippen molar-refractivity contribution in [1.82, 2.24) is 63.8 Å². The van der Waals surface area contributed by atoms with Crippen LogP contribution in [0.5, 0.6) is 11.5 Å². The van der Waals surface area contributed by atoms with Crippen molar-refractivity contribution in [2.24, 2.45) is 5.92 Å². The van der Waals surface area contributed by atoms with E-state index >= 15 is 28.8 Å². The van der Waals surface area contributed by atoms with Gasteiger partial charge >= 0.3 is 24.0 Å². The first kappa shape index (κ1) is 120. The SMILES string of the molecule is CC[C@H](C)[C@H](NC(=O)[C@H](COC(C)(C)C)NC(=O)[C@H](Cc1ccc(OC(C)(C)C)cc1)NC(=O)[C@H](CC(=O)OC(C)(C)C)NC(=O)[C@H](COC(C)(C)C)NC(=O)[C@@H](NC(=O)[C@H](Cc1ccccc1)NC(=O)[C@@H](NC(=O)CNC(=O)[C@H](CCC(=O)OC(C)(C)C)NC(=O)[C@](C)(CC)NC(=O)[C@H](Cc1ccc(OC(C)(C)C)cc1)NC(=O)OC(C)(C)C)[C@@H](C)OC(C)(C)C)[C@@H](C)OC(C)(C)C)C(=O)O. The fourth-order valence-corrected chi connectivity index (χ4v) is 13.3. The second kappa shape index (κ2) is 51.6. The van der Waals surface area contributed by atoms with Gasteiger partial charge in [0.25, 0.3) is 0 Å². The van der Waals surface area contributed by atoms with Gasteiger partial charge in [0.15, 0.2) is 0 Å². The number of ether oxygens (including phenoxy) is 9. The molecule has 3 rings (SSSR count). The first-order valence-electron chi connectivity index (χ1n) is 46.8. The highest BCUT2D eigenvalue weighted by atomic mass is 16.6. The van der Waals surface area contributed by atoms with E-state index in [1.165, 1.54) is 20.8 Å². The van der Waals surface area contributed by atoms with Crippen molar-refractivity contribution in [2.45, 2.75) is 408 Å². The van der Waals surface area contributed by atoms with Crippen LogP contribution in [-0.2, 0) is 120 Å². The van der Waals surface area contributed by atoms with Crippen LogP contribution in [0.25, 0.3) is 0 Å². The molecule has 0 aliphatic heterocycles. The molecular formula is C100H160N12O25. The predicted molar refractivity (Wildman–Crippen MR) is 516 cm³/mol. The Morgan fingerprint density at radius 1 is 0.343 bits per heavy atom. The van der Waals surface area contributed by atoms with Gasteiger partial charge in [-0.15, -0.1) is 0 Å². The van der Waals surface area contributed by atoms with Gasteiger partial charge in [-0.25, -0.2) is 9.59 Å². The van der Waals surface area contributed by atoms with Gasteiger partial charge in [-0.3, -0.25) is 62.3 Å². The lowest BCUT2D eigenvalue weighted by Crippen LogP contribution is -2.64. The molecule has 0 heterocycles. The second-order valence-corrected chi connectivity index (χ2v) is 43.6. The molecule has 37 heteroatoms. The van der Waals surface area contributed by atoms with E-state index in [2.05, 4.69) is 63.8 Å². The zero-order valence-electron chi connectivity index (χ0n) is 87.0. The van der Waals surface area contributed by atoms with Gasteiger partial charge in [0.05, 0.1) is 60.8 Å². The summed E-state index contributed by atoms with van der Waals surface area (Å²) in [5.41, 5.74) is -8.56. The number of aliphatic carboxylic acids is 1. The number of hydrogen-bond acceptors (Lipinski definition) is 24. The van der Waals surface area contributed by atoms with Gasteiger partial charge in [0, 0.05) is 25.7 Å². The number of benzene rings is 3. The number of amides is 12. The minimum absolute atomic E-state index is 0.0834. The maximum Gasteiger partial charge on any atom is 0.408 e. The average Bonchev–Trinajstić information content (AvgIpc) is 0.824. The lowest BCUT2D eigenvalue weighted by molar-refractivity contribution is -0.157. The molecule has 12 amide bonds. The van der Waals surface area contributed by atoms with E-state index in [0.29, 0.717) is 34.6 Å². The Bertz CT molecular complexity index is 4520. The van der Waals surface area contributed by atoms with Crippen molar-refractivity contribution in [2.75, 3.05) is 19.8 Å². The molecule has 0 saturated heterocycles. The third kappa shape index (κ3) is 48.2. The normalized spacial score (nSPS) is 15.6. The molecule has 3 aromatic rings. The average molecular weight is 1930 g/mol. The van der Waals surface area contributed by atoms with Crippen molar-refractivity contribution < 1.29 is 120 Å². The molecule has 13 N–H and O–H groups in total. The number of carboxylic acids is 1. The van der Waals surface area contributed by atoms with E-state index < -0.39 is 262 Å². The number of carboxylic acid groups (broad SMARTS) is 1. The van der Waals surface area contributed by atoms with Gasteiger partial charge in [0.1, 0.15) is 105 Å². The first-order chi connectivity index (χ1) is 62.5. The minimum atomic E-state index is -1.94. The Balaban J connectivity index is 2.21. The number of hydrogen-bond donors (Lipinski definition) is 13. The highest BCUT2D eigenvalue weighted by Crippen LogP contribution is 2.26. The van der Waals surface area contributed by atoms with E-state index in [9.17, 15) is 48.3 Å². The molecule has 770 valence electrons. The van der Waals surface area contributed by atoms with E-state index in [-0.39, 0.29) is 25.7 Å². The third-order valence-electron chi connectivity index (χ3n) is 19.9. The van der Waals surface area contributed by atoms with Gasteiger partial charge in [-0.1, -0.05) is 81.8 Å². The molecule has 0 aliphatic carbocycles. The highest BCUT2D eigenvalue weighted by Gasteiger charge is 2.44. The summed E-state index contributed by atoms with van der Waals surface area (Å²) >= 11 is 0. The van der Waals surface area contributed by atoms with Crippen molar-refractivity contribution in [3.63, 3.8) is 0 Å². The number of carbonyl (C=O) groups is 15. The predicted octanol–water partition coefficient (Wildman–Crippen LogP) is 8.75. The molecule has 0 bridgehead atoms. The molecular weight excluding hydrogens is 1770 g/mol. The van der Waals surface area contributed by atoms with Gasteiger partial charge < -0.3 is 112 Å². The first-order valence-corrected chi connectivity index (χ1v) is 46.8. The zero-order chi connectivity index (χ0) is 105. The number of alkyl carbamates (subject to hydrolysis) is 1. The molecule has 0 unspecified atom stereocenters. The Hall–Kier alpha value is -11.1. The van der Waals surface area contributed by atoms with Crippen LogP contribution in [0.15, 0.2) is 78.9 Å². The monoisotopic (exact) mass is 1930 g/mol. The third-order valence-corrected chi connectivity index (χ3v) is 19.9. The number of rotatable bonds is 48. The fourth-order valence-electron chi connectivity index (χ4n) is 13.3. The van der Waals surface area contributed by atoms with Gasteiger partial charge in [-0.05, 0) is 267 Å². The zero-order valence-corrected chi connectivity index (χ0v) is 87.0. The highest BCUT2D eigenvalue weighted by molar-refractivity contribution is 6.01. The Labute approximate surface area is 809 Å². The molecule has 0 radical (unpaired) electrons. The van der Waals surface area contributed by atoms with Gasteiger partial charge in [0.2, 0.25) is 65.0 Å². The smallest absolute Gasteiger partial charge is 0.408 e. The van der Waals surface area contributed by atoms with Crippen LogP contribution in [0.4, 0.5) is 4.79 Å². The summed E-state index contributed by atoms with van der Waals surface area (Å²) in [4.78, 5) is 218. The summed E-state index contributed by atoms with van der Waals surface area (Å²) in [7, 11) is 0. The molecule has 0 aliphatic rings. The molecule has 0 aromatic heterocycles. The van der Waals surface area contributed by atoms with Crippen LogP contribution in [0.1, 0.15) is 277 Å². The molecule has 0 spiro atoms.